The zero-order valence-electron chi connectivity index (χ0n) is 10.4. The lowest BCUT2D eigenvalue weighted by Gasteiger charge is -2.19. The first kappa shape index (κ1) is 18.4. The van der Waals surface area contributed by atoms with E-state index < -0.39 is 16.4 Å². The van der Waals surface area contributed by atoms with E-state index in [-0.39, 0.29) is 11.6 Å². The number of hydrogen-bond donors (Lipinski definition) is 2. The van der Waals surface area contributed by atoms with Gasteiger partial charge >= 0.3 is 16.4 Å². The predicted octanol–water partition coefficient (Wildman–Crippen LogP) is 0.403. The molecule has 0 fully saturated rings. The Hall–Kier alpha value is -0.960. The molecule has 0 spiro atoms. The van der Waals surface area contributed by atoms with E-state index >= 15 is 0 Å². The zero-order valence-corrected chi connectivity index (χ0v) is 11.2. The fourth-order valence-electron chi connectivity index (χ4n) is 0.626. The molecular weight excluding hydrogens is 250 g/mol. The fraction of sp³-hybridized carbons (Fsp3) is 0.667. The molecule has 0 saturated heterocycles. The van der Waals surface area contributed by atoms with Crippen molar-refractivity contribution >= 4 is 16.4 Å². The summed E-state index contributed by atoms with van der Waals surface area (Å²) in [5, 5.41) is 8.49. The van der Waals surface area contributed by atoms with Gasteiger partial charge in [0.05, 0.1) is 7.11 Å². The smallest absolute Gasteiger partial charge is 0.397 e. The highest BCUT2D eigenvalue weighted by atomic mass is 32.3. The SMILES string of the molecule is C=C(CC(C)N(C)C)C(=O)O.COS(=O)(=O)O. The Bertz CT molecular complexity index is 348. The van der Waals surface area contributed by atoms with Gasteiger partial charge in [-0.1, -0.05) is 6.58 Å². The molecule has 0 heterocycles. The average Bonchev–Trinajstić information content (AvgIpc) is 2.17. The van der Waals surface area contributed by atoms with Crippen LogP contribution in [0.5, 0.6) is 0 Å². The van der Waals surface area contributed by atoms with Gasteiger partial charge in [0.15, 0.2) is 0 Å². The first-order valence-electron chi connectivity index (χ1n) is 4.61. The molecule has 0 aliphatic carbocycles. The highest BCUT2D eigenvalue weighted by Gasteiger charge is 2.10. The van der Waals surface area contributed by atoms with Crippen molar-refractivity contribution in [2.24, 2.45) is 0 Å². The summed E-state index contributed by atoms with van der Waals surface area (Å²) in [4.78, 5) is 12.3. The topological polar surface area (TPSA) is 104 Å². The van der Waals surface area contributed by atoms with Crippen LogP contribution in [0.4, 0.5) is 0 Å². The molecule has 2 N–H and O–H groups in total. The monoisotopic (exact) mass is 269 g/mol. The van der Waals surface area contributed by atoms with Crippen molar-refractivity contribution < 1.29 is 27.1 Å². The van der Waals surface area contributed by atoms with E-state index in [0.29, 0.717) is 6.42 Å². The van der Waals surface area contributed by atoms with E-state index in [2.05, 4.69) is 10.8 Å². The van der Waals surface area contributed by atoms with E-state index in [0.717, 1.165) is 7.11 Å². The standard InChI is InChI=1S/C8H15NO2.CH4O4S/c1-6(8(10)11)5-7(2)9(3)4;1-5-6(2,3)4/h7H,1,5H2,2-4H3,(H,10,11);1H3,(H,2,3,4). The molecule has 0 aliphatic heterocycles. The van der Waals surface area contributed by atoms with Gasteiger partial charge < -0.3 is 10.0 Å². The first-order valence-corrected chi connectivity index (χ1v) is 5.98. The van der Waals surface area contributed by atoms with Gasteiger partial charge in [0.2, 0.25) is 0 Å². The van der Waals surface area contributed by atoms with Crippen LogP contribution in [0.3, 0.4) is 0 Å². The zero-order chi connectivity index (χ0) is 14.2. The molecule has 0 bridgehead atoms. The van der Waals surface area contributed by atoms with Gasteiger partial charge in [-0.05, 0) is 27.4 Å². The average molecular weight is 269 g/mol. The predicted molar refractivity (Wildman–Crippen MR) is 63.1 cm³/mol. The van der Waals surface area contributed by atoms with Crippen molar-refractivity contribution in [3.8, 4) is 0 Å². The second-order valence-electron chi connectivity index (χ2n) is 3.52. The molecule has 102 valence electrons. The Morgan fingerprint density at radius 1 is 1.47 bits per heavy atom. The second kappa shape index (κ2) is 8.18. The number of carbonyl (C=O) groups is 1. The van der Waals surface area contributed by atoms with Crippen LogP contribution in [0.2, 0.25) is 0 Å². The summed E-state index contributed by atoms with van der Waals surface area (Å²) in [7, 11) is 0.541. The normalized spacial score (nSPS) is 12.6. The van der Waals surface area contributed by atoms with Crippen molar-refractivity contribution in [1.29, 1.82) is 0 Å². The maximum atomic E-state index is 10.3. The summed E-state index contributed by atoms with van der Waals surface area (Å²) >= 11 is 0. The minimum atomic E-state index is -4.16. The van der Waals surface area contributed by atoms with Crippen molar-refractivity contribution in [2.45, 2.75) is 19.4 Å². The summed E-state index contributed by atoms with van der Waals surface area (Å²) in [6.07, 6.45) is 0.516. The Labute approximate surface area is 102 Å². The van der Waals surface area contributed by atoms with Crippen LogP contribution in [0.15, 0.2) is 12.2 Å². The second-order valence-corrected chi connectivity index (χ2v) is 4.71. The van der Waals surface area contributed by atoms with Gasteiger partial charge in [-0.3, -0.25) is 8.74 Å². The molecule has 0 amide bonds. The fourth-order valence-corrected chi connectivity index (χ4v) is 0.626. The van der Waals surface area contributed by atoms with Crippen LogP contribution >= 0.6 is 0 Å². The van der Waals surface area contributed by atoms with Gasteiger partial charge in [-0.15, -0.1) is 0 Å². The van der Waals surface area contributed by atoms with Gasteiger partial charge in [0, 0.05) is 11.6 Å². The molecule has 0 aromatic heterocycles. The molecule has 0 aliphatic rings. The number of rotatable bonds is 5. The third-order valence-electron chi connectivity index (χ3n) is 1.94. The lowest BCUT2D eigenvalue weighted by atomic mass is 10.1. The summed E-state index contributed by atoms with van der Waals surface area (Å²) in [6.45, 7) is 5.42. The van der Waals surface area contributed by atoms with E-state index in [1.54, 1.807) is 0 Å². The van der Waals surface area contributed by atoms with Crippen molar-refractivity contribution in [1.82, 2.24) is 4.90 Å². The van der Waals surface area contributed by atoms with Crippen LogP contribution in [0, 0.1) is 0 Å². The number of aliphatic carboxylic acids is 1. The number of carboxylic acids is 1. The van der Waals surface area contributed by atoms with E-state index in [9.17, 15) is 13.2 Å². The molecule has 0 radical (unpaired) electrons. The van der Waals surface area contributed by atoms with Crippen LogP contribution in [0.25, 0.3) is 0 Å². The van der Waals surface area contributed by atoms with Crippen molar-refractivity contribution in [2.75, 3.05) is 21.2 Å². The summed E-state index contributed by atoms with van der Waals surface area (Å²) in [5.41, 5.74) is 0.270. The van der Waals surface area contributed by atoms with Crippen LogP contribution in [-0.4, -0.2) is 56.2 Å². The molecule has 1 atom stereocenters. The molecule has 0 rings (SSSR count). The summed E-state index contributed by atoms with van der Waals surface area (Å²) in [5.74, 6) is -0.904. The third kappa shape index (κ3) is 13.0. The van der Waals surface area contributed by atoms with Gasteiger partial charge in [0.1, 0.15) is 0 Å². The summed E-state index contributed by atoms with van der Waals surface area (Å²) < 4.78 is 29.7. The molecule has 0 aromatic rings. The molecule has 17 heavy (non-hydrogen) atoms. The van der Waals surface area contributed by atoms with Crippen LogP contribution < -0.4 is 0 Å². The lowest BCUT2D eigenvalue weighted by molar-refractivity contribution is -0.132. The molecule has 7 nitrogen and oxygen atoms in total. The highest BCUT2D eigenvalue weighted by Crippen LogP contribution is 2.06. The Balaban J connectivity index is 0. The number of carboxylic acid groups (broad SMARTS) is 1. The van der Waals surface area contributed by atoms with Crippen LogP contribution in [0.1, 0.15) is 13.3 Å². The van der Waals surface area contributed by atoms with E-state index in [1.165, 1.54) is 0 Å². The Morgan fingerprint density at radius 3 is 2.00 bits per heavy atom. The molecular formula is C9H19NO6S. The Morgan fingerprint density at radius 2 is 1.82 bits per heavy atom. The quantitative estimate of drug-likeness (QED) is 0.550. The molecule has 0 aromatic carbocycles. The minimum Gasteiger partial charge on any atom is -0.478 e. The lowest BCUT2D eigenvalue weighted by Crippen LogP contribution is -2.25. The Kier molecular flexibility index (Phi) is 8.85. The number of hydrogen-bond acceptors (Lipinski definition) is 5. The van der Waals surface area contributed by atoms with Crippen molar-refractivity contribution in [3.05, 3.63) is 12.2 Å². The number of nitrogens with zero attached hydrogens (tertiary/aromatic N) is 1. The maximum Gasteiger partial charge on any atom is 0.397 e. The first-order chi connectivity index (χ1) is 7.51. The van der Waals surface area contributed by atoms with Gasteiger partial charge in [0.25, 0.3) is 0 Å². The molecule has 0 saturated carbocycles. The van der Waals surface area contributed by atoms with Gasteiger partial charge in [-0.25, -0.2) is 4.79 Å². The third-order valence-corrected chi connectivity index (χ3v) is 2.36. The summed E-state index contributed by atoms with van der Waals surface area (Å²) in [6, 6.07) is 0.235. The van der Waals surface area contributed by atoms with E-state index in [1.807, 2.05) is 25.9 Å². The molecule has 8 heteroatoms. The van der Waals surface area contributed by atoms with Crippen molar-refractivity contribution in [3.63, 3.8) is 0 Å². The maximum absolute atomic E-state index is 10.3. The molecule has 1 unspecified atom stereocenters. The minimum absolute atomic E-state index is 0.235. The largest absolute Gasteiger partial charge is 0.478 e. The van der Waals surface area contributed by atoms with E-state index in [4.69, 9.17) is 9.66 Å². The van der Waals surface area contributed by atoms with Crippen LogP contribution in [-0.2, 0) is 19.4 Å². The highest BCUT2D eigenvalue weighted by molar-refractivity contribution is 7.80. The van der Waals surface area contributed by atoms with Gasteiger partial charge in [-0.2, -0.15) is 8.42 Å².